The summed E-state index contributed by atoms with van der Waals surface area (Å²) in [5.41, 5.74) is 0.441. The predicted octanol–water partition coefficient (Wildman–Crippen LogP) is 0.939. The number of rotatable bonds is 2. The van der Waals surface area contributed by atoms with Crippen LogP contribution in [0.2, 0.25) is 5.15 Å². The first-order chi connectivity index (χ1) is 8.60. The second kappa shape index (κ2) is 3.79. The number of hydrogen-bond donors (Lipinski definition) is 1. The summed E-state index contributed by atoms with van der Waals surface area (Å²) in [6, 6.07) is 5.08. The van der Waals surface area contributed by atoms with Crippen molar-refractivity contribution < 1.29 is 8.42 Å². The van der Waals surface area contributed by atoms with Crippen LogP contribution in [-0.4, -0.2) is 33.0 Å². The number of halogens is 1. The Balaban J connectivity index is 2.36. The normalized spacial score (nSPS) is 12.1. The third kappa shape index (κ3) is 1.50. The summed E-state index contributed by atoms with van der Waals surface area (Å²) < 4.78 is 26.0. The van der Waals surface area contributed by atoms with Crippen LogP contribution in [0.1, 0.15) is 0 Å². The van der Waals surface area contributed by atoms with Crippen molar-refractivity contribution in [3.8, 4) is 0 Å². The summed E-state index contributed by atoms with van der Waals surface area (Å²) in [7, 11) is -3.89. The fourth-order valence-electron chi connectivity index (χ4n) is 1.60. The Morgan fingerprint density at radius 1 is 1.33 bits per heavy atom. The van der Waals surface area contributed by atoms with Gasteiger partial charge in [-0.1, -0.05) is 17.7 Å². The first kappa shape index (κ1) is 11.2. The molecule has 0 atom stereocenters. The number of imidazole rings is 1. The number of aromatic nitrogens is 5. The molecule has 18 heavy (non-hydrogen) atoms. The molecular weight excluding hydrogens is 278 g/mol. The summed E-state index contributed by atoms with van der Waals surface area (Å²) in [5.74, 6) is 0. The van der Waals surface area contributed by atoms with Gasteiger partial charge in [0.05, 0.1) is 0 Å². The van der Waals surface area contributed by atoms with E-state index < -0.39 is 9.84 Å². The lowest BCUT2D eigenvalue weighted by molar-refractivity contribution is 0.583. The number of nitrogens with one attached hydrogen (secondary N) is 1. The van der Waals surface area contributed by atoms with Crippen molar-refractivity contribution >= 4 is 27.1 Å². The van der Waals surface area contributed by atoms with Crippen LogP contribution in [0, 0.1) is 0 Å². The van der Waals surface area contributed by atoms with Gasteiger partial charge in [0.15, 0.2) is 10.2 Å². The van der Waals surface area contributed by atoms with E-state index in [-0.39, 0.29) is 15.3 Å². The molecule has 1 N–H and O–H groups in total. The van der Waals surface area contributed by atoms with Crippen molar-refractivity contribution in [3.63, 3.8) is 0 Å². The maximum atomic E-state index is 12.3. The standard InChI is InChI=1S/C9H6ClN5O2S/c10-7-8(15-4-2-1-3-6(15)13-7)18(16,17)9-11-5-12-14-9/h1-5H,(H,11,12,14). The lowest BCUT2D eigenvalue weighted by atomic mass is 10.5. The SMILES string of the molecule is O=S(=O)(c1nc[nH]n1)c1c(Cl)nc2ccccn12. The highest BCUT2D eigenvalue weighted by Crippen LogP contribution is 2.26. The van der Waals surface area contributed by atoms with Crippen molar-refractivity contribution in [3.05, 3.63) is 35.9 Å². The highest BCUT2D eigenvalue weighted by Gasteiger charge is 2.29. The van der Waals surface area contributed by atoms with Gasteiger partial charge in [0.2, 0.25) is 0 Å². The van der Waals surface area contributed by atoms with Crippen LogP contribution >= 0.6 is 11.6 Å². The van der Waals surface area contributed by atoms with Gasteiger partial charge in [-0.05, 0) is 12.1 Å². The zero-order chi connectivity index (χ0) is 12.8. The predicted molar refractivity (Wildman–Crippen MR) is 62.0 cm³/mol. The largest absolute Gasteiger partial charge is 0.289 e. The van der Waals surface area contributed by atoms with Gasteiger partial charge in [-0.3, -0.25) is 9.50 Å². The number of nitrogens with zero attached hydrogens (tertiary/aromatic N) is 4. The molecule has 7 nitrogen and oxygen atoms in total. The molecule has 0 aliphatic heterocycles. The van der Waals surface area contributed by atoms with Gasteiger partial charge in [-0.2, -0.15) is 0 Å². The maximum Gasteiger partial charge on any atom is 0.273 e. The minimum atomic E-state index is -3.89. The second-order valence-corrected chi connectivity index (χ2v) is 5.54. The van der Waals surface area contributed by atoms with E-state index in [0.29, 0.717) is 5.65 Å². The average molecular weight is 284 g/mol. The van der Waals surface area contributed by atoms with Gasteiger partial charge in [0.1, 0.15) is 12.0 Å². The van der Waals surface area contributed by atoms with Crippen LogP contribution in [0.4, 0.5) is 0 Å². The first-order valence-corrected chi connectivity index (χ1v) is 6.70. The van der Waals surface area contributed by atoms with E-state index in [4.69, 9.17) is 11.6 Å². The molecule has 0 bridgehead atoms. The Labute approximate surface area is 106 Å². The summed E-state index contributed by atoms with van der Waals surface area (Å²) in [5, 5.41) is 5.34. The molecule has 0 aliphatic carbocycles. The molecule has 3 aromatic heterocycles. The zero-order valence-corrected chi connectivity index (χ0v) is 10.4. The van der Waals surface area contributed by atoms with Gasteiger partial charge in [0, 0.05) is 6.20 Å². The van der Waals surface area contributed by atoms with Crippen LogP contribution in [0.3, 0.4) is 0 Å². The molecule has 0 amide bonds. The third-order valence-corrected chi connectivity index (χ3v) is 4.29. The van der Waals surface area contributed by atoms with Crippen LogP contribution in [0.15, 0.2) is 40.9 Å². The number of hydrogen-bond acceptors (Lipinski definition) is 5. The molecule has 0 spiro atoms. The second-order valence-electron chi connectivity index (χ2n) is 3.42. The van der Waals surface area contributed by atoms with E-state index in [9.17, 15) is 8.42 Å². The molecule has 9 heteroatoms. The summed E-state index contributed by atoms with van der Waals surface area (Å²) in [6.45, 7) is 0. The minimum Gasteiger partial charge on any atom is -0.289 e. The Bertz CT molecular complexity index is 809. The van der Waals surface area contributed by atoms with Crippen molar-refractivity contribution in [2.45, 2.75) is 10.2 Å². The molecular formula is C9H6ClN5O2S. The molecule has 0 radical (unpaired) electrons. The zero-order valence-electron chi connectivity index (χ0n) is 8.78. The van der Waals surface area contributed by atoms with Gasteiger partial charge in [-0.15, -0.1) is 5.10 Å². The lowest BCUT2D eigenvalue weighted by Crippen LogP contribution is -2.08. The van der Waals surface area contributed by atoms with Crippen molar-refractivity contribution in [2.24, 2.45) is 0 Å². The summed E-state index contributed by atoms with van der Waals surface area (Å²) in [6.07, 6.45) is 2.75. The fourth-order valence-corrected chi connectivity index (χ4v) is 3.30. The van der Waals surface area contributed by atoms with Crippen molar-refractivity contribution in [1.82, 2.24) is 24.6 Å². The number of fused-ring (bicyclic) bond motifs is 1. The van der Waals surface area contributed by atoms with Crippen molar-refractivity contribution in [2.75, 3.05) is 0 Å². The Morgan fingerprint density at radius 3 is 2.89 bits per heavy atom. The molecule has 3 heterocycles. The number of aromatic amines is 1. The molecule has 0 saturated carbocycles. The van der Waals surface area contributed by atoms with Crippen LogP contribution in [-0.2, 0) is 9.84 Å². The van der Waals surface area contributed by atoms with E-state index in [1.165, 1.54) is 10.7 Å². The Kier molecular flexibility index (Phi) is 2.35. The first-order valence-electron chi connectivity index (χ1n) is 4.84. The average Bonchev–Trinajstić information content (AvgIpc) is 2.94. The highest BCUT2D eigenvalue weighted by molar-refractivity contribution is 7.91. The Hall–Kier alpha value is -1.93. The Morgan fingerprint density at radius 2 is 2.17 bits per heavy atom. The molecule has 3 aromatic rings. The van der Waals surface area contributed by atoms with Crippen molar-refractivity contribution in [1.29, 1.82) is 0 Å². The van der Waals surface area contributed by atoms with E-state index in [0.717, 1.165) is 0 Å². The topological polar surface area (TPSA) is 93.0 Å². The highest BCUT2D eigenvalue weighted by atomic mass is 35.5. The number of pyridine rings is 1. The minimum absolute atomic E-state index is 0.106. The molecule has 0 aliphatic rings. The third-order valence-electron chi connectivity index (χ3n) is 2.33. The molecule has 0 fully saturated rings. The maximum absolute atomic E-state index is 12.3. The van der Waals surface area contributed by atoms with Gasteiger partial charge < -0.3 is 0 Å². The quantitative estimate of drug-likeness (QED) is 0.755. The van der Waals surface area contributed by atoms with Crippen LogP contribution < -0.4 is 0 Å². The molecule has 0 aromatic carbocycles. The van der Waals surface area contributed by atoms with E-state index >= 15 is 0 Å². The smallest absolute Gasteiger partial charge is 0.273 e. The molecule has 3 rings (SSSR count). The van der Waals surface area contributed by atoms with Gasteiger partial charge in [-0.25, -0.2) is 18.4 Å². The molecule has 0 unspecified atom stereocenters. The summed E-state index contributed by atoms with van der Waals surface area (Å²) >= 11 is 5.89. The fraction of sp³-hybridized carbons (Fsp3) is 0. The van der Waals surface area contributed by atoms with Crippen LogP contribution in [0.5, 0.6) is 0 Å². The summed E-state index contributed by atoms with van der Waals surface area (Å²) in [4.78, 5) is 7.61. The van der Waals surface area contributed by atoms with E-state index in [1.54, 1.807) is 24.4 Å². The lowest BCUT2D eigenvalue weighted by Gasteiger charge is -2.00. The molecule has 0 saturated heterocycles. The van der Waals surface area contributed by atoms with Gasteiger partial charge in [0.25, 0.3) is 15.0 Å². The van der Waals surface area contributed by atoms with Crippen LogP contribution in [0.25, 0.3) is 5.65 Å². The van der Waals surface area contributed by atoms with E-state index in [1.807, 2.05) is 0 Å². The van der Waals surface area contributed by atoms with Gasteiger partial charge >= 0.3 is 0 Å². The number of sulfone groups is 1. The monoisotopic (exact) mass is 283 g/mol. The number of H-pyrrole nitrogens is 1. The van der Waals surface area contributed by atoms with E-state index in [2.05, 4.69) is 20.2 Å². The molecule has 92 valence electrons.